The van der Waals surface area contributed by atoms with Crippen molar-refractivity contribution in [2.45, 2.75) is 18.9 Å². The van der Waals surface area contributed by atoms with E-state index in [9.17, 15) is 4.79 Å². The van der Waals surface area contributed by atoms with E-state index in [0.29, 0.717) is 19.4 Å². The van der Waals surface area contributed by atoms with Crippen LogP contribution < -0.4 is 10.1 Å². The zero-order chi connectivity index (χ0) is 20.6. The molecule has 1 amide bonds. The molecule has 1 atom stereocenters. The van der Waals surface area contributed by atoms with Crippen LogP contribution in [0, 0.1) is 0 Å². The Morgan fingerprint density at radius 1 is 1.14 bits per heavy atom. The highest BCUT2D eigenvalue weighted by molar-refractivity contribution is 5.76. The quantitative estimate of drug-likeness (QED) is 0.607. The molecule has 29 heavy (non-hydrogen) atoms. The Balaban J connectivity index is 1.51. The first kappa shape index (κ1) is 20.6. The van der Waals surface area contributed by atoms with Gasteiger partial charge in [-0.3, -0.25) is 4.79 Å². The summed E-state index contributed by atoms with van der Waals surface area (Å²) in [5, 5.41) is 7.44. The van der Waals surface area contributed by atoms with Crippen LogP contribution in [0.15, 0.2) is 67.0 Å². The van der Waals surface area contributed by atoms with Crippen LogP contribution in [0.1, 0.15) is 23.6 Å². The highest BCUT2D eigenvalue weighted by atomic mass is 16.5. The SMILES string of the molecule is COc1ccc(C(CNC(=O)CCc2cnn(-c3ccccc3)c2)N(C)C)cc1. The van der Waals surface area contributed by atoms with Crippen molar-refractivity contribution < 1.29 is 9.53 Å². The standard InChI is InChI=1S/C23H28N4O2/c1-26(2)22(19-10-12-21(29-3)13-11-19)16-24-23(28)14-9-18-15-25-27(17-18)20-7-5-4-6-8-20/h4-8,10-13,15,17,22H,9,14,16H2,1-3H3,(H,24,28). The molecule has 1 aromatic heterocycles. The van der Waals surface area contributed by atoms with Crippen molar-refractivity contribution in [3.63, 3.8) is 0 Å². The first-order valence-electron chi connectivity index (χ1n) is 9.73. The minimum atomic E-state index is 0.0397. The van der Waals surface area contributed by atoms with E-state index < -0.39 is 0 Å². The lowest BCUT2D eigenvalue weighted by Gasteiger charge is -2.25. The van der Waals surface area contributed by atoms with Gasteiger partial charge in [0.05, 0.1) is 25.0 Å². The fraction of sp³-hybridized carbons (Fsp3) is 0.304. The predicted octanol–water partition coefficient (Wildman–Crippen LogP) is 3.23. The first-order chi connectivity index (χ1) is 14.1. The van der Waals surface area contributed by atoms with Crippen LogP contribution in [-0.4, -0.2) is 48.3 Å². The summed E-state index contributed by atoms with van der Waals surface area (Å²) in [6.45, 7) is 0.557. The molecule has 0 spiro atoms. The topological polar surface area (TPSA) is 59.4 Å². The monoisotopic (exact) mass is 392 g/mol. The van der Waals surface area contributed by atoms with Gasteiger partial charge in [-0.25, -0.2) is 4.68 Å². The lowest BCUT2D eigenvalue weighted by Crippen LogP contribution is -2.34. The molecule has 0 aliphatic rings. The molecule has 152 valence electrons. The van der Waals surface area contributed by atoms with Crippen molar-refractivity contribution in [3.8, 4) is 11.4 Å². The van der Waals surface area contributed by atoms with Gasteiger partial charge < -0.3 is 15.0 Å². The number of carbonyl (C=O) groups is 1. The number of benzene rings is 2. The summed E-state index contributed by atoms with van der Waals surface area (Å²) < 4.78 is 7.05. The average Bonchev–Trinajstić information content (AvgIpc) is 3.22. The van der Waals surface area contributed by atoms with Crippen LogP contribution >= 0.6 is 0 Å². The molecular weight excluding hydrogens is 364 g/mol. The van der Waals surface area contributed by atoms with Gasteiger partial charge in [-0.15, -0.1) is 0 Å². The molecule has 0 saturated heterocycles. The fourth-order valence-corrected chi connectivity index (χ4v) is 3.19. The maximum absolute atomic E-state index is 12.4. The summed E-state index contributed by atoms with van der Waals surface area (Å²) in [5.41, 5.74) is 3.19. The molecule has 1 unspecified atom stereocenters. The Morgan fingerprint density at radius 2 is 1.86 bits per heavy atom. The second kappa shape index (κ2) is 9.89. The van der Waals surface area contributed by atoms with E-state index in [1.165, 1.54) is 0 Å². The molecule has 3 rings (SSSR count). The van der Waals surface area contributed by atoms with Gasteiger partial charge in [0.15, 0.2) is 0 Å². The van der Waals surface area contributed by atoms with Gasteiger partial charge in [-0.2, -0.15) is 5.10 Å². The van der Waals surface area contributed by atoms with E-state index in [4.69, 9.17) is 4.74 Å². The largest absolute Gasteiger partial charge is 0.497 e. The van der Waals surface area contributed by atoms with Crippen LogP contribution in [0.25, 0.3) is 5.69 Å². The maximum atomic E-state index is 12.4. The number of ether oxygens (including phenoxy) is 1. The van der Waals surface area contributed by atoms with Gasteiger partial charge >= 0.3 is 0 Å². The van der Waals surface area contributed by atoms with Gasteiger partial charge in [-0.1, -0.05) is 30.3 Å². The highest BCUT2D eigenvalue weighted by Crippen LogP contribution is 2.20. The molecule has 0 saturated carbocycles. The zero-order valence-corrected chi connectivity index (χ0v) is 17.2. The number of aryl methyl sites for hydroxylation is 1. The number of hydrogen-bond acceptors (Lipinski definition) is 4. The number of methoxy groups -OCH3 is 1. The number of hydrogen-bond donors (Lipinski definition) is 1. The molecule has 0 aliphatic carbocycles. The van der Waals surface area contributed by atoms with Gasteiger partial charge in [0, 0.05) is 19.2 Å². The van der Waals surface area contributed by atoms with Crippen molar-refractivity contribution in [1.29, 1.82) is 0 Å². The number of rotatable bonds is 9. The van der Waals surface area contributed by atoms with E-state index in [2.05, 4.69) is 15.3 Å². The smallest absolute Gasteiger partial charge is 0.220 e. The average molecular weight is 393 g/mol. The van der Waals surface area contributed by atoms with Gasteiger partial charge in [0.1, 0.15) is 5.75 Å². The molecule has 6 nitrogen and oxygen atoms in total. The number of likely N-dealkylation sites (N-methyl/N-ethyl adjacent to an activating group) is 1. The Bertz CT molecular complexity index is 904. The Hall–Kier alpha value is -3.12. The summed E-state index contributed by atoms with van der Waals surface area (Å²) >= 11 is 0. The molecule has 0 radical (unpaired) electrons. The third-order valence-corrected chi connectivity index (χ3v) is 4.91. The Kier molecular flexibility index (Phi) is 7.03. The van der Waals surface area contributed by atoms with Crippen LogP contribution in [0.5, 0.6) is 5.75 Å². The molecule has 1 heterocycles. The molecule has 6 heteroatoms. The third-order valence-electron chi connectivity index (χ3n) is 4.91. The van der Waals surface area contributed by atoms with Crippen molar-refractivity contribution in [2.24, 2.45) is 0 Å². The number of para-hydroxylation sites is 1. The molecule has 0 aliphatic heterocycles. The first-order valence-corrected chi connectivity index (χ1v) is 9.73. The number of carbonyl (C=O) groups excluding carboxylic acids is 1. The van der Waals surface area contributed by atoms with E-state index in [1.54, 1.807) is 7.11 Å². The minimum Gasteiger partial charge on any atom is -0.497 e. The Morgan fingerprint density at radius 3 is 2.52 bits per heavy atom. The van der Waals surface area contributed by atoms with Crippen molar-refractivity contribution in [3.05, 3.63) is 78.1 Å². The summed E-state index contributed by atoms with van der Waals surface area (Å²) in [7, 11) is 5.68. The second-order valence-corrected chi connectivity index (χ2v) is 7.19. The van der Waals surface area contributed by atoms with Crippen molar-refractivity contribution >= 4 is 5.91 Å². The van der Waals surface area contributed by atoms with Crippen LogP contribution in [0.2, 0.25) is 0 Å². The van der Waals surface area contributed by atoms with Crippen LogP contribution in [0.4, 0.5) is 0 Å². The molecule has 0 bridgehead atoms. The van der Waals surface area contributed by atoms with Gasteiger partial charge in [0.2, 0.25) is 5.91 Å². The molecule has 0 fully saturated rings. The van der Waals surface area contributed by atoms with Gasteiger partial charge in [-0.05, 0) is 55.9 Å². The number of amides is 1. The van der Waals surface area contributed by atoms with Crippen LogP contribution in [-0.2, 0) is 11.2 Å². The molecule has 3 aromatic rings. The second-order valence-electron chi connectivity index (χ2n) is 7.19. The number of aromatic nitrogens is 2. The lowest BCUT2D eigenvalue weighted by atomic mass is 10.1. The fourth-order valence-electron chi connectivity index (χ4n) is 3.19. The van der Waals surface area contributed by atoms with E-state index in [1.807, 2.05) is 85.8 Å². The minimum absolute atomic E-state index is 0.0397. The third kappa shape index (κ3) is 5.68. The molecule has 1 N–H and O–H groups in total. The van der Waals surface area contributed by atoms with E-state index in [0.717, 1.165) is 22.6 Å². The van der Waals surface area contributed by atoms with Gasteiger partial charge in [0.25, 0.3) is 0 Å². The zero-order valence-electron chi connectivity index (χ0n) is 17.2. The normalized spacial score (nSPS) is 12.0. The number of nitrogens with zero attached hydrogens (tertiary/aromatic N) is 3. The summed E-state index contributed by atoms with van der Waals surface area (Å²) in [6, 6.07) is 18.0. The summed E-state index contributed by atoms with van der Waals surface area (Å²) in [5.74, 6) is 0.865. The summed E-state index contributed by atoms with van der Waals surface area (Å²) in [6.07, 6.45) is 4.89. The highest BCUT2D eigenvalue weighted by Gasteiger charge is 2.15. The predicted molar refractivity (Wildman–Crippen MR) is 114 cm³/mol. The Labute approximate surface area is 172 Å². The van der Waals surface area contributed by atoms with Crippen LogP contribution in [0.3, 0.4) is 0 Å². The maximum Gasteiger partial charge on any atom is 0.220 e. The van der Waals surface area contributed by atoms with Crippen molar-refractivity contribution in [2.75, 3.05) is 27.7 Å². The van der Waals surface area contributed by atoms with E-state index >= 15 is 0 Å². The number of nitrogens with one attached hydrogen (secondary N) is 1. The summed E-state index contributed by atoms with van der Waals surface area (Å²) in [4.78, 5) is 14.5. The lowest BCUT2D eigenvalue weighted by molar-refractivity contribution is -0.121. The molecular formula is C23H28N4O2. The van der Waals surface area contributed by atoms with E-state index in [-0.39, 0.29) is 11.9 Å². The van der Waals surface area contributed by atoms with Crippen molar-refractivity contribution in [1.82, 2.24) is 20.0 Å². The molecule has 2 aromatic carbocycles.